The molecule has 1 aromatic carbocycles. The van der Waals surface area contributed by atoms with Gasteiger partial charge in [-0.3, -0.25) is 9.69 Å². The minimum atomic E-state index is -3.61. The van der Waals surface area contributed by atoms with Crippen LogP contribution in [-0.2, 0) is 27.8 Å². The number of nitrogens with one attached hydrogen (secondary N) is 2. The van der Waals surface area contributed by atoms with Crippen LogP contribution in [0.4, 0.5) is 0 Å². The van der Waals surface area contributed by atoms with E-state index in [1.54, 1.807) is 11.4 Å². The van der Waals surface area contributed by atoms with Gasteiger partial charge in [-0.15, -0.1) is 11.3 Å². The van der Waals surface area contributed by atoms with E-state index >= 15 is 0 Å². The number of hydrogen-bond acceptors (Lipinski definition) is 5. The number of rotatable bonds is 6. The molecule has 0 spiro atoms. The predicted octanol–water partition coefficient (Wildman–Crippen LogP) is 1.20. The molecule has 3 rings (SSSR count). The van der Waals surface area contributed by atoms with Gasteiger partial charge >= 0.3 is 0 Å². The Labute approximate surface area is 151 Å². The number of likely N-dealkylation sites (N-methyl/N-ethyl adjacent to an activating group) is 1. The zero-order valence-electron chi connectivity index (χ0n) is 13.9. The standard InChI is InChI=1S/C17H21N3O3S2/c1-20-12-14-6-3-2-5-13(14)9-15(20)10-18-16(21)11-19-25(22,23)17-7-4-8-24-17/h2-8,15,19H,9-12H2,1H3,(H,18,21)/t15-/m0/s1. The van der Waals surface area contributed by atoms with Gasteiger partial charge in [0.05, 0.1) is 6.54 Å². The summed E-state index contributed by atoms with van der Waals surface area (Å²) in [6.45, 7) is 1.08. The van der Waals surface area contributed by atoms with E-state index in [-0.39, 0.29) is 22.7 Å². The molecule has 2 heterocycles. The lowest BCUT2D eigenvalue weighted by Crippen LogP contribution is -2.47. The zero-order chi connectivity index (χ0) is 17.9. The first-order valence-electron chi connectivity index (χ1n) is 8.02. The topological polar surface area (TPSA) is 78.5 Å². The van der Waals surface area contributed by atoms with Crippen molar-refractivity contribution >= 4 is 27.3 Å². The molecule has 2 aromatic rings. The fourth-order valence-corrected chi connectivity index (χ4v) is 4.91. The molecule has 0 bridgehead atoms. The second kappa shape index (κ2) is 7.65. The first-order valence-corrected chi connectivity index (χ1v) is 10.4. The van der Waals surface area contributed by atoms with Gasteiger partial charge in [0.1, 0.15) is 4.21 Å². The van der Waals surface area contributed by atoms with Crippen molar-refractivity contribution in [2.75, 3.05) is 20.1 Å². The average molecular weight is 380 g/mol. The number of hydrogen-bond donors (Lipinski definition) is 2. The van der Waals surface area contributed by atoms with Crippen molar-refractivity contribution in [3.8, 4) is 0 Å². The third kappa shape index (κ3) is 4.46. The van der Waals surface area contributed by atoms with Crippen molar-refractivity contribution in [3.05, 3.63) is 52.9 Å². The van der Waals surface area contributed by atoms with E-state index in [1.807, 2.05) is 19.2 Å². The van der Waals surface area contributed by atoms with Crippen LogP contribution >= 0.6 is 11.3 Å². The van der Waals surface area contributed by atoms with E-state index in [9.17, 15) is 13.2 Å². The number of amides is 1. The van der Waals surface area contributed by atoms with E-state index < -0.39 is 10.0 Å². The zero-order valence-corrected chi connectivity index (χ0v) is 15.6. The lowest BCUT2D eigenvalue weighted by Gasteiger charge is -2.34. The molecule has 0 saturated carbocycles. The highest BCUT2D eigenvalue weighted by atomic mass is 32.2. The van der Waals surface area contributed by atoms with Gasteiger partial charge in [0.15, 0.2) is 0 Å². The molecule has 0 aliphatic carbocycles. The third-order valence-corrected chi connectivity index (χ3v) is 7.13. The van der Waals surface area contributed by atoms with E-state index in [0.29, 0.717) is 6.54 Å². The van der Waals surface area contributed by atoms with Crippen LogP contribution in [0.5, 0.6) is 0 Å². The van der Waals surface area contributed by atoms with E-state index in [0.717, 1.165) is 24.3 Å². The highest BCUT2D eigenvalue weighted by Crippen LogP contribution is 2.21. The summed E-state index contributed by atoms with van der Waals surface area (Å²) in [5.74, 6) is -0.326. The molecule has 0 radical (unpaired) electrons. The van der Waals surface area contributed by atoms with Crippen LogP contribution in [0.25, 0.3) is 0 Å². The first-order chi connectivity index (χ1) is 12.0. The highest BCUT2D eigenvalue weighted by molar-refractivity contribution is 7.91. The highest BCUT2D eigenvalue weighted by Gasteiger charge is 2.23. The molecule has 6 nitrogen and oxygen atoms in total. The van der Waals surface area contributed by atoms with Crippen molar-refractivity contribution in [2.24, 2.45) is 0 Å². The Morgan fingerprint density at radius 3 is 2.72 bits per heavy atom. The summed E-state index contributed by atoms with van der Waals surface area (Å²) >= 11 is 1.12. The van der Waals surface area contributed by atoms with Crippen molar-refractivity contribution in [1.82, 2.24) is 14.9 Å². The van der Waals surface area contributed by atoms with Gasteiger partial charge in [0, 0.05) is 19.1 Å². The van der Waals surface area contributed by atoms with Gasteiger partial charge in [0.25, 0.3) is 10.0 Å². The summed E-state index contributed by atoms with van der Waals surface area (Å²) in [6, 6.07) is 11.7. The maximum absolute atomic E-state index is 12.0. The van der Waals surface area contributed by atoms with Crippen LogP contribution in [0.15, 0.2) is 46.0 Å². The SMILES string of the molecule is CN1Cc2ccccc2C[C@H]1CNC(=O)CNS(=O)(=O)c1cccs1. The normalized spacial score (nSPS) is 17.9. The molecule has 1 aliphatic heterocycles. The van der Waals surface area contributed by atoms with Gasteiger partial charge < -0.3 is 5.32 Å². The molecule has 25 heavy (non-hydrogen) atoms. The number of carbonyl (C=O) groups excluding carboxylic acids is 1. The van der Waals surface area contributed by atoms with Gasteiger partial charge in [-0.05, 0) is 36.0 Å². The summed E-state index contributed by atoms with van der Waals surface area (Å²) in [5.41, 5.74) is 2.62. The van der Waals surface area contributed by atoms with Crippen molar-refractivity contribution < 1.29 is 13.2 Å². The second-order valence-electron chi connectivity index (χ2n) is 6.10. The number of sulfonamides is 1. The lowest BCUT2D eigenvalue weighted by atomic mass is 9.94. The van der Waals surface area contributed by atoms with Crippen molar-refractivity contribution in [2.45, 2.75) is 23.2 Å². The molecule has 1 amide bonds. The van der Waals surface area contributed by atoms with Gasteiger partial charge in [-0.2, -0.15) is 0 Å². The Bertz CT molecular complexity index is 835. The van der Waals surface area contributed by atoms with Crippen LogP contribution < -0.4 is 10.0 Å². The van der Waals surface area contributed by atoms with Gasteiger partial charge in [0.2, 0.25) is 5.91 Å². The molecule has 0 unspecified atom stereocenters. The van der Waals surface area contributed by atoms with Crippen LogP contribution in [0.1, 0.15) is 11.1 Å². The summed E-state index contributed by atoms with van der Waals surface area (Å²) in [4.78, 5) is 14.2. The monoisotopic (exact) mass is 379 g/mol. The number of thiophene rings is 1. The molecule has 2 N–H and O–H groups in total. The van der Waals surface area contributed by atoms with Gasteiger partial charge in [-0.25, -0.2) is 13.1 Å². The molecule has 1 aromatic heterocycles. The summed E-state index contributed by atoms with van der Waals surface area (Å²) < 4.78 is 26.6. The maximum atomic E-state index is 12.0. The maximum Gasteiger partial charge on any atom is 0.250 e. The third-order valence-electron chi connectivity index (χ3n) is 4.33. The largest absolute Gasteiger partial charge is 0.353 e. The molecule has 1 atom stereocenters. The first kappa shape index (κ1) is 18.1. The van der Waals surface area contributed by atoms with E-state index in [2.05, 4.69) is 27.1 Å². The van der Waals surface area contributed by atoms with Crippen LogP contribution in [-0.4, -0.2) is 45.4 Å². The summed E-state index contributed by atoms with van der Waals surface area (Å²) in [7, 11) is -1.57. The molecule has 8 heteroatoms. The Kier molecular flexibility index (Phi) is 5.53. The van der Waals surface area contributed by atoms with Gasteiger partial charge in [-0.1, -0.05) is 30.3 Å². The van der Waals surface area contributed by atoms with E-state index in [1.165, 1.54) is 17.2 Å². The quantitative estimate of drug-likeness (QED) is 0.791. The fraction of sp³-hybridized carbons (Fsp3) is 0.353. The van der Waals surface area contributed by atoms with Crippen LogP contribution in [0, 0.1) is 0 Å². The smallest absolute Gasteiger partial charge is 0.250 e. The van der Waals surface area contributed by atoms with E-state index in [4.69, 9.17) is 0 Å². The Balaban J connectivity index is 1.50. The number of benzene rings is 1. The van der Waals surface area contributed by atoms with Crippen LogP contribution in [0.2, 0.25) is 0 Å². The second-order valence-corrected chi connectivity index (χ2v) is 9.04. The molecular formula is C17H21N3O3S2. The van der Waals surface area contributed by atoms with Crippen LogP contribution in [0.3, 0.4) is 0 Å². The summed E-state index contributed by atoms with van der Waals surface area (Å²) in [6.07, 6.45) is 0.869. The molecule has 0 saturated heterocycles. The molecule has 1 aliphatic rings. The Morgan fingerprint density at radius 2 is 2.00 bits per heavy atom. The lowest BCUT2D eigenvalue weighted by molar-refractivity contribution is -0.120. The minimum Gasteiger partial charge on any atom is -0.353 e. The Morgan fingerprint density at radius 1 is 1.24 bits per heavy atom. The summed E-state index contributed by atoms with van der Waals surface area (Å²) in [5, 5.41) is 4.51. The molecule has 134 valence electrons. The average Bonchev–Trinajstić information content (AvgIpc) is 3.14. The predicted molar refractivity (Wildman–Crippen MR) is 97.9 cm³/mol. The molecular weight excluding hydrogens is 358 g/mol. The van der Waals surface area contributed by atoms with Crippen molar-refractivity contribution in [3.63, 3.8) is 0 Å². The number of fused-ring (bicyclic) bond motifs is 1. The van der Waals surface area contributed by atoms with Crippen molar-refractivity contribution in [1.29, 1.82) is 0 Å². The minimum absolute atomic E-state index is 0.202. The fourth-order valence-electron chi connectivity index (χ4n) is 2.89. The molecule has 0 fully saturated rings. The number of carbonyl (C=O) groups is 1. The Hall–Kier alpha value is -1.74. The number of nitrogens with zero attached hydrogens (tertiary/aromatic N) is 1.